The average Bonchev–Trinajstić information content (AvgIpc) is 2.28. The van der Waals surface area contributed by atoms with Crippen LogP contribution in [0, 0.1) is 5.92 Å². The van der Waals surface area contributed by atoms with Crippen molar-refractivity contribution in [1.29, 1.82) is 0 Å². The van der Waals surface area contributed by atoms with Crippen LogP contribution >= 0.6 is 7.60 Å². The Bertz CT molecular complexity index is 336. The summed E-state index contributed by atoms with van der Waals surface area (Å²) in [6.07, 6.45) is 1.67. The van der Waals surface area contributed by atoms with E-state index in [4.69, 9.17) is 19.6 Å². The van der Waals surface area contributed by atoms with Crippen LogP contribution in [-0.4, -0.2) is 39.6 Å². The molecule has 0 aromatic heterocycles. The lowest BCUT2D eigenvalue weighted by Gasteiger charge is -2.12. The van der Waals surface area contributed by atoms with Crippen molar-refractivity contribution in [1.82, 2.24) is 0 Å². The molecule has 0 heterocycles. The van der Waals surface area contributed by atoms with Crippen molar-refractivity contribution in [2.75, 3.05) is 12.8 Å². The van der Waals surface area contributed by atoms with Gasteiger partial charge in [-0.2, -0.15) is 0 Å². The van der Waals surface area contributed by atoms with E-state index in [1.807, 2.05) is 6.92 Å². The summed E-state index contributed by atoms with van der Waals surface area (Å²) in [4.78, 5) is 39.6. The van der Waals surface area contributed by atoms with Gasteiger partial charge in [-0.25, -0.2) is 0 Å². The molecule has 0 amide bonds. The highest BCUT2D eigenvalue weighted by molar-refractivity contribution is 7.51. The van der Waals surface area contributed by atoms with Gasteiger partial charge in [0.1, 0.15) is 0 Å². The molecular weight excluding hydrogens is 275 g/mol. The van der Waals surface area contributed by atoms with Gasteiger partial charge in [0.2, 0.25) is 0 Å². The number of carboxylic acid groups (broad SMARTS) is 1. The molecule has 0 aliphatic carbocycles. The quantitative estimate of drug-likeness (QED) is 0.316. The number of hydrogen-bond donors (Lipinski definition) is 3. The Kier molecular flexibility index (Phi) is 8.63. The number of unbranched alkanes of at least 4 members (excludes halogenated alkanes) is 2. The summed E-state index contributed by atoms with van der Waals surface area (Å²) in [5.41, 5.74) is 0. The summed E-state index contributed by atoms with van der Waals surface area (Å²) < 4.78 is 15.6. The summed E-state index contributed by atoms with van der Waals surface area (Å²) in [6, 6.07) is 0. The van der Waals surface area contributed by atoms with Crippen molar-refractivity contribution < 1.29 is 33.8 Å². The first-order chi connectivity index (χ1) is 8.76. The van der Waals surface area contributed by atoms with E-state index in [1.54, 1.807) is 0 Å². The average molecular weight is 296 g/mol. The smallest absolute Gasteiger partial charge is 0.326 e. The Labute approximate surface area is 112 Å². The molecule has 0 aromatic rings. The maximum absolute atomic E-state index is 11.3. The lowest BCUT2D eigenvalue weighted by molar-refractivity contribution is -0.145. The second-order valence-corrected chi connectivity index (χ2v) is 6.04. The molecule has 19 heavy (non-hydrogen) atoms. The van der Waals surface area contributed by atoms with E-state index in [9.17, 15) is 14.2 Å². The molecule has 0 saturated carbocycles. The third-order valence-corrected chi connectivity index (χ3v) is 3.43. The SMILES string of the molecule is CCCCCOC(=O)CCC(CP(=O)(O)O)C(=O)O. The topological polar surface area (TPSA) is 121 Å². The van der Waals surface area contributed by atoms with Gasteiger partial charge in [-0.3, -0.25) is 14.2 Å². The largest absolute Gasteiger partial charge is 0.481 e. The Hall–Kier alpha value is -0.910. The fourth-order valence-corrected chi connectivity index (χ4v) is 2.40. The van der Waals surface area contributed by atoms with Gasteiger partial charge in [0.25, 0.3) is 0 Å². The summed E-state index contributed by atoms with van der Waals surface area (Å²) in [7, 11) is -4.40. The molecule has 0 saturated heterocycles. The second-order valence-electron chi connectivity index (χ2n) is 4.35. The van der Waals surface area contributed by atoms with E-state index in [0.29, 0.717) is 6.61 Å². The summed E-state index contributed by atoms with van der Waals surface area (Å²) >= 11 is 0. The van der Waals surface area contributed by atoms with E-state index in [1.165, 1.54) is 0 Å². The molecule has 0 bridgehead atoms. The molecule has 1 atom stereocenters. The minimum absolute atomic E-state index is 0.132. The normalized spacial score (nSPS) is 13.0. The van der Waals surface area contributed by atoms with Crippen LogP contribution in [0.3, 0.4) is 0 Å². The molecule has 0 aromatic carbocycles. The van der Waals surface area contributed by atoms with Crippen molar-refractivity contribution >= 4 is 19.5 Å². The third-order valence-electron chi connectivity index (χ3n) is 2.52. The van der Waals surface area contributed by atoms with E-state index in [-0.39, 0.29) is 12.8 Å². The molecular formula is C11H21O7P. The Morgan fingerprint density at radius 3 is 2.37 bits per heavy atom. The Balaban J connectivity index is 4.01. The van der Waals surface area contributed by atoms with Crippen LogP contribution in [0.5, 0.6) is 0 Å². The lowest BCUT2D eigenvalue weighted by Crippen LogP contribution is -2.20. The number of rotatable bonds is 10. The van der Waals surface area contributed by atoms with Gasteiger partial charge < -0.3 is 19.6 Å². The van der Waals surface area contributed by atoms with Crippen LogP contribution in [0.15, 0.2) is 0 Å². The molecule has 112 valence electrons. The zero-order valence-corrected chi connectivity index (χ0v) is 11.8. The predicted octanol–water partition coefficient (Wildman–Crippen LogP) is 1.38. The van der Waals surface area contributed by atoms with E-state index < -0.39 is 31.6 Å². The highest BCUT2D eigenvalue weighted by Crippen LogP contribution is 2.38. The minimum atomic E-state index is -4.40. The number of hydrogen-bond acceptors (Lipinski definition) is 4. The molecule has 0 fully saturated rings. The maximum Gasteiger partial charge on any atom is 0.326 e. The monoisotopic (exact) mass is 296 g/mol. The highest BCUT2D eigenvalue weighted by atomic mass is 31.2. The van der Waals surface area contributed by atoms with Crippen LogP contribution in [0.1, 0.15) is 39.0 Å². The van der Waals surface area contributed by atoms with Gasteiger partial charge in [-0.1, -0.05) is 19.8 Å². The zero-order chi connectivity index (χ0) is 14.9. The first kappa shape index (κ1) is 18.1. The fourth-order valence-electron chi connectivity index (χ4n) is 1.48. The summed E-state index contributed by atoms with van der Waals surface area (Å²) in [6.45, 7) is 2.31. The molecule has 0 aliphatic rings. The number of ether oxygens (including phenoxy) is 1. The summed E-state index contributed by atoms with van der Waals surface area (Å²) in [5.74, 6) is -3.08. The number of carbonyl (C=O) groups is 2. The van der Waals surface area contributed by atoms with Gasteiger partial charge in [0.05, 0.1) is 18.7 Å². The molecule has 8 heteroatoms. The molecule has 0 rings (SSSR count). The first-order valence-electron chi connectivity index (χ1n) is 6.19. The number of carboxylic acids is 1. The Morgan fingerprint density at radius 1 is 1.26 bits per heavy atom. The minimum Gasteiger partial charge on any atom is -0.481 e. The van der Waals surface area contributed by atoms with Crippen molar-refractivity contribution in [2.45, 2.75) is 39.0 Å². The standard InChI is InChI=1S/C11H21O7P/c1-2-3-4-7-18-10(12)6-5-9(11(13)14)8-19(15,16)17/h9H,2-8H2,1H3,(H,13,14)(H2,15,16,17). The molecule has 0 aliphatic heterocycles. The third kappa shape index (κ3) is 10.7. The van der Waals surface area contributed by atoms with E-state index >= 15 is 0 Å². The van der Waals surface area contributed by atoms with Gasteiger partial charge in [-0.05, 0) is 12.8 Å². The van der Waals surface area contributed by atoms with Crippen LogP contribution < -0.4 is 0 Å². The van der Waals surface area contributed by atoms with Crippen LogP contribution in [-0.2, 0) is 18.9 Å². The number of carbonyl (C=O) groups excluding carboxylic acids is 1. The van der Waals surface area contributed by atoms with Gasteiger partial charge in [0, 0.05) is 6.42 Å². The lowest BCUT2D eigenvalue weighted by atomic mass is 10.1. The second kappa shape index (κ2) is 9.07. The van der Waals surface area contributed by atoms with Crippen LogP contribution in [0.2, 0.25) is 0 Å². The number of aliphatic carboxylic acids is 1. The predicted molar refractivity (Wildman–Crippen MR) is 67.8 cm³/mol. The molecule has 0 radical (unpaired) electrons. The van der Waals surface area contributed by atoms with Crippen molar-refractivity contribution in [2.24, 2.45) is 5.92 Å². The highest BCUT2D eigenvalue weighted by Gasteiger charge is 2.27. The van der Waals surface area contributed by atoms with Crippen molar-refractivity contribution in [3.8, 4) is 0 Å². The first-order valence-corrected chi connectivity index (χ1v) is 7.99. The van der Waals surface area contributed by atoms with E-state index in [2.05, 4.69) is 0 Å². The molecule has 3 N–H and O–H groups in total. The summed E-state index contributed by atoms with van der Waals surface area (Å²) in [5, 5.41) is 8.80. The number of esters is 1. The van der Waals surface area contributed by atoms with Crippen molar-refractivity contribution in [3.05, 3.63) is 0 Å². The molecule has 1 unspecified atom stereocenters. The molecule has 7 nitrogen and oxygen atoms in total. The van der Waals surface area contributed by atoms with Gasteiger partial charge >= 0.3 is 19.5 Å². The van der Waals surface area contributed by atoms with E-state index in [0.717, 1.165) is 19.3 Å². The van der Waals surface area contributed by atoms with Gasteiger partial charge in [0.15, 0.2) is 0 Å². The van der Waals surface area contributed by atoms with Crippen molar-refractivity contribution in [3.63, 3.8) is 0 Å². The zero-order valence-electron chi connectivity index (χ0n) is 10.9. The maximum atomic E-state index is 11.3. The van der Waals surface area contributed by atoms with Crippen LogP contribution in [0.4, 0.5) is 0 Å². The van der Waals surface area contributed by atoms with Crippen LogP contribution in [0.25, 0.3) is 0 Å². The molecule has 0 spiro atoms. The fraction of sp³-hybridized carbons (Fsp3) is 0.818. The Morgan fingerprint density at radius 2 is 1.89 bits per heavy atom. The van der Waals surface area contributed by atoms with Gasteiger partial charge in [-0.15, -0.1) is 0 Å².